The van der Waals surface area contributed by atoms with Gasteiger partial charge in [0, 0.05) is 13.1 Å². The fourth-order valence-corrected chi connectivity index (χ4v) is 2.02. The minimum atomic E-state index is 0.452. The molecule has 2 rings (SSSR count). The number of hydrogen-bond acceptors (Lipinski definition) is 8. The minimum Gasteiger partial charge on any atom is -0.354 e. The number of nitrogens with zero attached hydrogens (tertiary/aromatic N) is 6. The number of aromatic nitrogens is 6. The van der Waals surface area contributed by atoms with Crippen LogP contribution in [0.2, 0.25) is 0 Å². The average Bonchev–Trinajstić information content (AvgIpc) is 3.04. The van der Waals surface area contributed by atoms with E-state index in [1.807, 2.05) is 11.8 Å². The lowest BCUT2D eigenvalue weighted by Gasteiger charge is -2.09. The van der Waals surface area contributed by atoms with Crippen molar-refractivity contribution in [1.29, 1.82) is 0 Å². The fraction of sp³-hybridized carbons (Fsp3) is 0.583. The first kappa shape index (κ1) is 15.5. The molecular formula is C12H20N8S. The number of nitrogens with one attached hydrogen (secondary N) is 2. The average molecular weight is 308 g/mol. The van der Waals surface area contributed by atoms with Crippen LogP contribution < -0.4 is 10.6 Å². The molecule has 2 N–H and O–H groups in total. The topological polar surface area (TPSA) is 93.4 Å². The maximum atomic E-state index is 4.37. The first-order valence-corrected chi connectivity index (χ1v) is 8.30. The summed E-state index contributed by atoms with van der Waals surface area (Å²) in [5, 5.41) is 10.4. The third kappa shape index (κ3) is 4.85. The van der Waals surface area contributed by atoms with Gasteiger partial charge in [0.25, 0.3) is 5.95 Å². The Morgan fingerprint density at radius 1 is 1.14 bits per heavy atom. The second kappa shape index (κ2) is 8.40. The highest BCUT2D eigenvalue weighted by molar-refractivity contribution is 7.98. The molecule has 2 aromatic heterocycles. The molecule has 0 aliphatic heterocycles. The Hall–Kier alpha value is -1.90. The highest BCUT2D eigenvalue weighted by atomic mass is 32.2. The fourth-order valence-electron chi connectivity index (χ4n) is 1.59. The zero-order valence-electron chi connectivity index (χ0n) is 12.3. The second-order valence-corrected chi connectivity index (χ2v) is 5.31. The van der Waals surface area contributed by atoms with Crippen LogP contribution in [0.5, 0.6) is 0 Å². The van der Waals surface area contributed by atoms with E-state index in [4.69, 9.17) is 0 Å². The molecule has 0 atom stereocenters. The van der Waals surface area contributed by atoms with Crippen molar-refractivity contribution in [2.24, 2.45) is 0 Å². The molecule has 0 saturated heterocycles. The van der Waals surface area contributed by atoms with Gasteiger partial charge in [-0.2, -0.15) is 36.5 Å². The molecular weight excluding hydrogens is 288 g/mol. The van der Waals surface area contributed by atoms with Crippen molar-refractivity contribution in [3.05, 3.63) is 12.7 Å². The molecule has 0 amide bonds. The molecule has 0 fully saturated rings. The van der Waals surface area contributed by atoms with Gasteiger partial charge >= 0.3 is 0 Å². The molecule has 114 valence electrons. The molecule has 0 aromatic carbocycles. The molecule has 21 heavy (non-hydrogen) atoms. The predicted octanol–water partition coefficient (Wildman–Crippen LogP) is 1.44. The molecule has 0 saturated carbocycles. The monoisotopic (exact) mass is 308 g/mol. The summed E-state index contributed by atoms with van der Waals surface area (Å²) in [6, 6.07) is 0. The van der Waals surface area contributed by atoms with E-state index in [1.54, 1.807) is 6.33 Å². The van der Waals surface area contributed by atoms with E-state index in [0.717, 1.165) is 31.7 Å². The Morgan fingerprint density at radius 3 is 2.52 bits per heavy atom. The van der Waals surface area contributed by atoms with Crippen LogP contribution >= 0.6 is 11.8 Å². The predicted molar refractivity (Wildman–Crippen MR) is 85.0 cm³/mol. The van der Waals surface area contributed by atoms with Crippen LogP contribution in [0.1, 0.15) is 19.8 Å². The molecule has 0 unspecified atom stereocenters. The van der Waals surface area contributed by atoms with Crippen molar-refractivity contribution in [2.45, 2.75) is 19.8 Å². The van der Waals surface area contributed by atoms with E-state index in [9.17, 15) is 0 Å². The van der Waals surface area contributed by atoms with Crippen molar-refractivity contribution < 1.29 is 0 Å². The summed E-state index contributed by atoms with van der Waals surface area (Å²) in [7, 11) is 0. The lowest BCUT2D eigenvalue weighted by Crippen LogP contribution is -2.14. The molecule has 2 aromatic rings. The normalized spacial score (nSPS) is 10.6. The van der Waals surface area contributed by atoms with Crippen molar-refractivity contribution >= 4 is 23.7 Å². The maximum absolute atomic E-state index is 4.37. The van der Waals surface area contributed by atoms with E-state index in [2.05, 4.69) is 48.8 Å². The van der Waals surface area contributed by atoms with Gasteiger partial charge in [-0.05, 0) is 24.9 Å². The van der Waals surface area contributed by atoms with E-state index < -0.39 is 0 Å². The zero-order chi connectivity index (χ0) is 14.9. The van der Waals surface area contributed by atoms with E-state index in [1.165, 1.54) is 11.0 Å². The van der Waals surface area contributed by atoms with Crippen molar-refractivity contribution in [3.8, 4) is 5.95 Å². The molecule has 0 aliphatic carbocycles. The Balaban J connectivity index is 2.12. The first-order chi connectivity index (χ1) is 10.3. The summed E-state index contributed by atoms with van der Waals surface area (Å²) in [5.41, 5.74) is 0. The number of thioether (sulfide) groups is 1. The van der Waals surface area contributed by atoms with Crippen molar-refractivity contribution in [3.63, 3.8) is 0 Å². The largest absolute Gasteiger partial charge is 0.354 e. The highest BCUT2D eigenvalue weighted by Gasteiger charge is 2.08. The van der Waals surface area contributed by atoms with E-state index >= 15 is 0 Å². The Morgan fingerprint density at radius 2 is 1.90 bits per heavy atom. The van der Waals surface area contributed by atoms with E-state index in [-0.39, 0.29) is 0 Å². The molecule has 9 heteroatoms. The molecule has 0 bridgehead atoms. The van der Waals surface area contributed by atoms with Crippen LogP contribution in [0.3, 0.4) is 0 Å². The van der Waals surface area contributed by atoms with Crippen LogP contribution in [0, 0.1) is 0 Å². The maximum Gasteiger partial charge on any atom is 0.258 e. The molecule has 2 heterocycles. The van der Waals surface area contributed by atoms with E-state index in [0.29, 0.717) is 17.8 Å². The third-order valence-corrected chi connectivity index (χ3v) is 3.29. The number of hydrogen-bond donors (Lipinski definition) is 2. The molecule has 0 radical (unpaired) electrons. The van der Waals surface area contributed by atoms with Gasteiger partial charge in [-0.25, -0.2) is 4.98 Å². The molecule has 8 nitrogen and oxygen atoms in total. The summed E-state index contributed by atoms with van der Waals surface area (Å²) in [5.74, 6) is 2.66. The zero-order valence-corrected chi connectivity index (χ0v) is 13.1. The standard InChI is InChI=1S/C12H20N8S/c1-3-5-14-10-17-11(15-6-4-7-21-2)19-12(18-10)20-9-13-8-16-20/h8-9H,3-7H2,1-2H3,(H2,14,15,17,18,19). The smallest absolute Gasteiger partial charge is 0.258 e. The second-order valence-electron chi connectivity index (χ2n) is 4.32. The van der Waals surface area contributed by atoms with Crippen LogP contribution in [-0.4, -0.2) is 54.8 Å². The van der Waals surface area contributed by atoms with Gasteiger partial charge < -0.3 is 10.6 Å². The van der Waals surface area contributed by atoms with Crippen LogP contribution in [-0.2, 0) is 0 Å². The number of anilines is 2. The van der Waals surface area contributed by atoms with Gasteiger partial charge in [0.2, 0.25) is 11.9 Å². The Bertz CT molecular complexity index is 530. The first-order valence-electron chi connectivity index (χ1n) is 6.91. The SMILES string of the molecule is CCCNc1nc(NCCCSC)nc(-n2cncn2)n1. The van der Waals surface area contributed by atoms with Crippen molar-refractivity contribution in [1.82, 2.24) is 29.7 Å². The highest BCUT2D eigenvalue weighted by Crippen LogP contribution is 2.08. The number of rotatable bonds is 9. The summed E-state index contributed by atoms with van der Waals surface area (Å²) >= 11 is 1.82. The van der Waals surface area contributed by atoms with Gasteiger partial charge in [-0.3, -0.25) is 0 Å². The lowest BCUT2D eigenvalue weighted by molar-refractivity contribution is 0.790. The van der Waals surface area contributed by atoms with Crippen molar-refractivity contribution in [2.75, 3.05) is 35.7 Å². The summed E-state index contributed by atoms with van der Waals surface area (Å²) in [6.45, 7) is 3.73. The summed E-state index contributed by atoms with van der Waals surface area (Å²) in [4.78, 5) is 17.0. The quantitative estimate of drug-likeness (QED) is 0.672. The lowest BCUT2D eigenvalue weighted by atomic mass is 10.5. The summed E-state index contributed by atoms with van der Waals surface area (Å²) < 4.78 is 1.52. The van der Waals surface area contributed by atoms with Gasteiger partial charge in [-0.1, -0.05) is 6.92 Å². The van der Waals surface area contributed by atoms with Gasteiger partial charge in [0.1, 0.15) is 12.7 Å². The molecule has 0 spiro atoms. The van der Waals surface area contributed by atoms with Crippen LogP contribution in [0.15, 0.2) is 12.7 Å². The van der Waals surface area contributed by atoms with Crippen LogP contribution in [0.4, 0.5) is 11.9 Å². The molecule has 0 aliphatic rings. The minimum absolute atomic E-state index is 0.452. The van der Waals surface area contributed by atoms with Gasteiger partial charge in [0.15, 0.2) is 0 Å². The Labute approximate surface area is 128 Å². The van der Waals surface area contributed by atoms with Gasteiger partial charge in [0.05, 0.1) is 0 Å². The summed E-state index contributed by atoms with van der Waals surface area (Å²) in [6.07, 6.45) is 7.17. The third-order valence-electron chi connectivity index (χ3n) is 2.59. The van der Waals surface area contributed by atoms with Gasteiger partial charge in [-0.15, -0.1) is 0 Å². The Kier molecular flexibility index (Phi) is 6.20. The van der Waals surface area contributed by atoms with Crippen LogP contribution in [0.25, 0.3) is 5.95 Å².